The van der Waals surface area contributed by atoms with Crippen molar-refractivity contribution in [3.05, 3.63) is 35.7 Å². The first kappa shape index (κ1) is 7.00. The lowest BCUT2D eigenvalue weighted by atomic mass is 10.2. The highest BCUT2D eigenvalue weighted by Crippen LogP contribution is 2.01. The van der Waals surface area contributed by atoms with Gasteiger partial charge in [-0.1, -0.05) is 12.2 Å². The Kier molecular flexibility index (Phi) is 2.21. The molecular formula is C9H11N. The number of pyridine rings is 1. The Bertz CT molecular complexity index is 238. The van der Waals surface area contributed by atoms with E-state index in [4.69, 9.17) is 0 Å². The molecule has 0 bridgehead atoms. The first-order valence-electron chi connectivity index (χ1n) is 3.38. The van der Waals surface area contributed by atoms with Crippen LogP contribution in [-0.2, 0) is 0 Å². The van der Waals surface area contributed by atoms with E-state index in [1.54, 1.807) is 0 Å². The third-order valence-electron chi connectivity index (χ3n) is 1.28. The van der Waals surface area contributed by atoms with Crippen LogP contribution in [0.3, 0.4) is 0 Å². The van der Waals surface area contributed by atoms with Crippen LogP contribution in [0.1, 0.15) is 18.2 Å². The molecule has 1 aromatic heterocycles. The van der Waals surface area contributed by atoms with Crippen LogP contribution in [0, 0.1) is 6.92 Å². The Hall–Kier alpha value is -1.11. The topological polar surface area (TPSA) is 12.9 Å². The largest absolute Gasteiger partial charge is 0.262 e. The van der Waals surface area contributed by atoms with E-state index < -0.39 is 0 Å². The lowest BCUT2D eigenvalue weighted by Crippen LogP contribution is -1.79. The Morgan fingerprint density at radius 2 is 2.30 bits per heavy atom. The van der Waals surface area contributed by atoms with E-state index in [-0.39, 0.29) is 0 Å². The summed E-state index contributed by atoms with van der Waals surface area (Å²) in [5.41, 5.74) is 2.28. The number of hydrogen-bond acceptors (Lipinski definition) is 1. The molecule has 0 aliphatic heterocycles. The average molecular weight is 133 g/mol. The van der Waals surface area contributed by atoms with Crippen LogP contribution in [0.5, 0.6) is 0 Å². The van der Waals surface area contributed by atoms with E-state index in [9.17, 15) is 0 Å². The Balaban J connectivity index is 2.95. The first-order chi connectivity index (χ1) is 4.83. The zero-order valence-electron chi connectivity index (χ0n) is 6.33. The normalized spacial score (nSPS) is 10.6. The molecule has 1 rings (SSSR count). The predicted octanol–water partition coefficient (Wildman–Crippen LogP) is 2.42. The minimum Gasteiger partial charge on any atom is -0.262 e. The smallest absolute Gasteiger partial charge is 0.0378 e. The van der Waals surface area contributed by atoms with Gasteiger partial charge in [0.15, 0.2) is 0 Å². The van der Waals surface area contributed by atoms with Crippen molar-refractivity contribution in [2.75, 3.05) is 0 Å². The minimum absolute atomic E-state index is 1.07. The molecule has 0 aromatic carbocycles. The molecular weight excluding hydrogens is 122 g/mol. The Labute approximate surface area is 61.4 Å². The molecule has 0 saturated carbocycles. The van der Waals surface area contributed by atoms with Crippen LogP contribution in [0.25, 0.3) is 6.08 Å². The second-order valence-corrected chi connectivity index (χ2v) is 2.23. The third-order valence-corrected chi connectivity index (χ3v) is 1.28. The molecule has 0 N–H and O–H groups in total. The van der Waals surface area contributed by atoms with Crippen molar-refractivity contribution >= 4 is 6.08 Å². The predicted molar refractivity (Wildman–Crippen MR) is 43.7 cm³/mol. The summed E-state index contributed by atoms with van der Waals surface area (Å²) >= 11 is 0. The summed E-state index contributed by atoms with van der Waals surface area (Å²) in [5, 5.41) is 0. The lowest BCUT2D eigenvalue weighted by molar-refractivity contribution is 1.20. The maximum Gasteiger partial charge on any atom is 0.0378 e. The van der Waals surface area contributed by atoms with Crippen molar-refractivity contribution in [2.24, 2.45) is 0 Å². The quantitative estimate of drug-likeness (QED) is 0.573. The molecule has 0 aliphatic carbocycles. The van der Waals surface area contributed by atoms with Gasteiger partial charge < -0.3 is 0 Å². The van der Waals surface area contributed by atoms with Crippen LogP contribution in [-0.4, -0.2) is 4.98 Å². The molecule has 0 radical (unpaired) electrons. The van der Waals surface area contributed by atoms with Gasteiger partial charge in [0.1, 0.15) is 0 Å². The molecule has 1 nitrogen and oxygen atoms in total. The van der Waals surface area contributed by atoms with Gasteiger partial charge in [0, 0.05) is 11.9 Å². The highest BCUT2D eigenvalue weighted by Gasteiger charge is 1.85. The number of aryl methyl sites for hydroxylation is 1. The van der Waals surface area contributed by atoms with Crippen molar-refractivity contribution < 1.29 is 0 Å². The number of allylic oxidation sites excluding steroid dienone is 1. The van der Waals surface area contributed by atoms with E-state index in [0.717, 1.165) is 5.69 Å². The summed E-state index contributed by atoms with van der Waals surface area (Å²) in [6.07, 6.45) is 5.91. The van der Waals surface area contributed by atoms with Gasteiger partial charge in [-0.05, 0) is 31.5 Å². The van der Waals surface area contributed by atoms with Crippen molar-refractivity contribution in [2.45, 2.75) is 13.8 Å². The van der Waals surface area contributed by atoms with Gasteiger partial charge in [0.2, 0.25) is 0 Å². The van der Waals surface area contributed by atoms with Crippen molar-refractivity contribution in [1.29, 1.82) is 0 Å². The van der Waals surface area contributed by atoms with Gasteiger partial charge in [-0.25, -0.2) is 0 Å². The maximum absolute atomic E-state index is 4.09. The molecule has 0 spiro atoms. The van der Waals surface area contributed by atoms with E-state index >= 15 is 0 Å². The lowest BCUT2D eigenvalue weighted by Gasteiger charge is -1.92. The van der Waals surface area contributed by atoms with Crippen molar-refractivity contribution in [3.8, 4) is 0 Å². The van der Waals surface area contributed by atoms with E-state index in [1.165, 1.54) is 5.56 Å². The molecule has 52 valence electrons. The molecule has 0 amide bonds. The summed E-state index contributed by atoms with van der Waals surface area (Å²) in [6, 6.07) is 4.05. The molecule has 1 heteroatoms. The molecule has 0 saturated heterocycles. The van der Waals surface area contributed by atoms with Gasteiger partial charge in [-0.15, -0.1) is 0 Å². The highest BCUT2D eigenvalue weighted by atomic mass is 14.6. The second kappa shape index (κ2) is 3.16. The van der Waals surface area contributed by atoms with Crippen LogP contribution >= 0.6 is 0 Å². The summed E-state index contributed by atoms with van der Waals surface area (Å²) in [7, 11) is 0. The Morgan fingerprint density at radius 1 is 1.50 bits per heavy atom. The SMILES string of the molecule is CC=Cc1ccnc(C)c1. The molecule has 0 atom stereocenters. The van der Waals surface area contributed by atoms with Crippen LogP contribution in [0.15, 0.2) is 24.4 Å². The van der Waals surface area contributed by atoms with E-state index in [2.05, 4.69) is 17.1 Å². The standard InChI is InChI=1S/C9H11N/c1-3-4-9-5-6-10-8(2)7-9/h3-7H,1-2H3. The third kappa shape index (κ3) is 1.69. The number of aromatic nitrogens is 1. The van der Waals surface area contributed by atoms with Crippen LogP contribution in [0.4, 0.5) is 0 Å². The van der Waals surface area contributed by atoms with Crippen molar-refractivity contribution in [1.82, 2.24) is 4.98 Å². The fraction of sp³-hybridized carbons (Fsp3) is 0.222. The molecule has 1 heterocycles. The molecule has 10 heavy (non-hydrogen) atoms. The first-order valence-corrected chi connectivity index (χ1v) is 3.38. The monoisotopic (exact) mass is 133 g/mol. The second-order valence-electron chi connectivity index (χ2n) is 2.23. The molecule has 0 aliphatic rings. The number of rotatable bonds is 1. The van der Waals surface area contributed by atoms with Gasteiger partial charge in [-0.3, -0.25) is 4.98 Å². The summed E-state index contributed by atoms with van der Waals surface area (Å²) < 4.78 is 0. The molecule has 1 aromatic rings. The number of nitrogens with zero attached hydrogens (tertiary/aromatic N) is 1. The van der Waals surface area contributed by atoms with Gasteiger partial charge in [-0.2, -0.15) is 0 Å². The highest BCUT2D eigenvalue weighted by molar-refractivity contribution is 5.48. The fourth-order valence-corrected chi connectivity index (χ4v) is 0.864. The summed E-state index contributed by atoms with van der Waals surface area (Å²) in [6.45, 7) is 4.00. The van der Waals surface area contributed by atoms with Crippen LogP contribution in [0.2, 0.25) is 0 Å². The zero-order chi connectivity index (χ0) is 7.40. The van der Waals surface area contributed by atoms with Gasteiger partial charge in [0.25, 0.3) is 0 Å². The number of hydrogen-bond donors (Lipinski definition) is 0. The van der Waals surface area contributed by atoms with E-state index in [0.29, 0.717) is 0 Å². The molecule has 0 unspecified atom stereocenters. The van der Waals surface area contributed by atoms with Crippen LogP contribution < -0.4 is 0 Å². The van der Waals surface area contributed by atoms with Gasteiger partial charge >= 0.3 is 0 Å². The molecule has 0 fully saturated rings. The summed E-state index contributed by atoms with van der Waals surface area (Å²) in [4.78, 5) is 4.09. The summed E-state index contributed by atoms with van der Waals surface area (Å²) in [5.74, 6) is 0. The Morgan fingerprint density at radius 3 is 2.90 bits per heavy atom. The maximum atomic E-state index is 4.09. The van der Waals surface area contributed by atoms with Crippen molar-refractivity contribution in [3.63, 3.8) is 0 Å². The fourth-order valence-electron chi connectivity index (χ4n) is 0.864. The average Bonchev–Trinajstić information content (AvgIpc) is 1.88. The van der Waals surface area contributed by atoms with Gasteiger partial charge in [0.05, 0.1) is 0 Å². The zero-order valence-corrected chi connectivity index (χ0v) is 6.33. The van der Waals surface area contributed by atoms with E-state index in [1.807, 2.05) is 32.2 Å². The minimum atomic E-state index is 1.07.